The van der Waals surface area contributed by atoms with Gasteiger partial charge in [0.05, 0.1) is 0 Å². The molecule has 0 amide bonds. The molecule has 0 radical (unpaired) electrons. The summed E-state index contributed by atoms with van der Waals surface area (Å²) in [5.41, 5.74) is 0.605. The van der Waals surface area contributed by atoms with Gasteiger partial charge < -0.3 is 5.32 Å². The molecule has 1 heteroatoms. The first kappa shape index (κ1) is 8.31. The number of fused-ring (bicyclic) bond motifs is 2. The summed E-state index contributed by atoms with van der Waals surface area (Å²) in [6.45, 7) is 4.64. The Labute approximate surface area is 75.2 Å². The maximum atomic E-state index is 3.64. The minimum atomic E-state index is 0.605. The smallest absolute Gasteiger partial charge is 0.0313 e. The lowest BCUT2D eigenvalue weighted by molar-refractivity contribution is 0.236. The summed E-state index contributed by atoms with van der Waals surface area (Å²) in [7, 11) is 0. The summed E-state index contributed by atoms with van der Waals surface area (Å²) < 4.78 is 0. The monoisotopic (exact) mass is 165 g/mol. The molecule has 0 aromatic rings. The molecule has 12 heavy (non-hydrogen) atoms. The van der Waals surface area contributed by atoms with Crippen molar-refractivity contribution in [1.29, 1.82) is 0 Å². The van der Waals surface area contributed by atoms with Crippen molar-refractivity contribution in [3.63, 3.8) is 0 Å². The quantitative estimate of drug-likeness (QED) is 0.633. The number of rotatable bonds is 3. The van der Waals surface area contributed by atoms with Crippen LogP contribution in [0, 0.1) is 5.41 Å². The first-order chi connectivity index (χ1) is 5.80. The van der Waals surface area contributed by atoms with E-state index in [2.05, 4.69) is 31.3 Å². The molecule has 0 aromatic carbocycles. The molecule has 1 N–H and O–H groups in total. The molecule has 2 heterocycles. The molecule has 0 spiro atoms. The molecule has 3 atom stereocenters. The molecule has 1 nitrogen and oxygen atoms in total. The summed E-state index contributed by atoms with van der Waals surface area (Å²) in [4.78, 5) is 0. The summed E-state index contributed by atoms with van der Waals surface area (Å²) in [6.07, 6.45) is 10.1. The standard InChI is InChI=1S/C11H19N/c1-3-7-11(4-2)8-9-5-6-10(11)12-9/h5-6,9-10,12H,3-4,7-8H2,1-2H3. The lowest BCUT2D eigenvalue weighted by Crippen LogP contribution is -2.33. The van der Waals surface area contributed by atoms with Gasteiger partial charge in [0.1, 0.15) is 0 Å². The van der Waals surface area contributed by atoms with Crippen molar-refractivity contribution in [2.45, 2.75) is 51.6 Å². The lowest BCUT2D eigenvalue weighted by Gasteiger charge is -2.33. The molecule has 0 saturated carbocycles. The largest absolute Gasteiger partial charge is 0.304 e. The van der Waals surface area contributed by atoms with Gasteiger partial charge in [-0.15, -0.1) is 0 Å². The van der Waals surface area contributed by atoms with Crippen molar-refractivity contribution in [2.24, 2.45) is 5.41 Å². The topological polar surface area (TPSA) is 12.0 Å². The van der Waals surface area contributed by atoms with Crippen LogP contribution in [0.1, 0.15) is 39.5 Å². The van der Waals surface area contributed by atoms with Crippen LogP contribution in [0.5, 0.6) is 0 Å². The average Bonchev–Trinajstić information content (AvgIpc) is 2.64. The third-order valence-electron chi connectivity index (χ3n) is 3.67. The maximum Gasteiger partial charge on any atom is 0.0313 e. The third kappa shape index (κ3) is 1.03. The van der Waals surface area contributed by atoms with E-state index >= 15 is 0 Å². The van der Waals surface area contributed by atoms with Crippen LogP contribution in [0.25, 0.3) is 0 Å². The van der Waals surface area contributed by atoms with Crippen LogP contribution in [0.15, 0.2) is 12.2 Å². The predicted octanol–water partition coefficient (Wildman–Crippen LogP) is 2.48. The molecule has 3 unspecified atom stereocenters. The fraction of sp³-hybridized carbons (Fsp3) is 0.818. The van der Waals surface area contributed by atoms with Gasteiger partial charge in [0.25, 0.3) is 0 Å². The highest BCUT2D eigenvalue weighted by Crippen LogP contribution is 2.45. The molecule has 2 bridgehead atoms. The van der Waals surface area contributed by atoms with E-state index in [-0.39, 0.29) is 0 Å². The van der Waals surface area contributed by atoms with Gasteiger partial charge in [0, 0.05) is 12.1 Å². The molecular formula is C11H19N. The first-order valence-electron chi connectivity index (χ1n) is 5.25. The zero-order valence-corrected chi connectivity index (χ0v) is 8.14. The Morgan fingerprint density at radius 2 is 2.25 bits per heavy atom. The molecule has 2 aliphatic rings. The van der Waals surface area contributed by atoms with Crippen molar-refractivity contribution in [1.82, 2.24) is 5.32 Å². The maximum absolute atomic E-state index is 3.64. The van der Waals surface area contributed by atoms with Crippen molar-refractivity contribution >= 4 is 0 Å². The molecule has 2 rings (SSSR count). The van der Waals surface area contributed by atoms with E-state index in [1.54, 1.807) is 0 Å². The van der Waals surface area contributed by atoms with Gasteiger partial charge in [-0.05, 0) is 24.7 Å². The zero-order chi connectivity index (χ0) is 8.60. The van der Waals surface area contributed by atoms with Crippen LogP contribution in [-0.4, -0.2) is 12.1 Å². The summed E-state index contributed by atoms with van der Waals surface area (Å²) >= 11 is 0. The zero-order valence-electron chi connectivity index (χ0n) is 8.14. The second kappa shape index (κ2) is 2.88. The normalized spacial score (nSPS) is 44.2. The van der Waals surface area contributed by atoms with Crippen LogP contribution in [0.2, 0.25) is 0 Å². The van der Waals surface area contributed by atoms with E-state index in [1.165, 1.54) is 25.7 Å². The molecule has 0 aromatic heterocycles. The molecule has 0 aliphatic carbocycles. The van der Waals surface area contributed by atoms with Crippen molar-refractivity contribution in [2.75, 3.05) is 0 Å². The number of hydrogen-bond donors (Lipinski definition) is 1. The van der Waals surface area contributed by atoms with Crippen molar-refractivity contribution in [3.8, 4) is 0 Å². The van der Waals surface area contributed by atoms with E-state index in [4.69, 9.17) is 0 Å². The minimum Gasteiger partial charge on any atom is -0.304 e. The Morgan fingerprint density at radius 3 is 2.67 bits per heavy atom. The SMILES string of the molecule is CCCC1(CC)CC2C=CC1N2. The Hall–Kier alpha value is -0.300. The second-order valence-electron chi connectivity index (χ2n) is 4.31. The van der Waals surface area contributed by atoms with E-state index in [0.29, 0.717) is 17.5 Å². The molecular weight excluding hydrogens is 146 g/mol. The van der Waals surface area contributed by atoms with Crippen LogP contribution in [-0.2, 0) is 0 Å². The van der Waals surface area contributed by atoms with Gasteiger partial charge in [-0.1, -0.05) is 32.4 Å². The van der Waals surface area contributed by atoms with Gasteiger partial charge in [0.15, 0.2) is 0 Å². The van der Waals surface area contributed by atoms with E-state index in [9.17, 15) is 0 Å². The summed E-state index contributed by atoms with van der Waals surface area (Å²) in [5.74, 6) is 0. The van der Waals surface area contributed by atoms with Crippen LogP contribution in [0.4, 0.5) is 0 Å². The number of nitrogens with one attached hydrogen (secondary N) is 1. The van der Waals surface area contributed by atoms with Gasteiger partial charge in [0.2, 0.25) is 0 Å². The van der Waals surface area contributed by atoms with Gasteiger partial charge >= 0.3 is 0 Å². The van der Waals surface area contributed by atoms with E-state index < -0.39 is 0 Å². The fourth-order valence-corrected chi connectivity index (χ4v) is 2.96. The predicted molar refractivity (Wildman–Crippen MR) is 52.1 cm³/mol. The van der Waals surface area contributed by atoms with Gasteiger partial charge in [-0.25, -0.2) is 0 Å². The van der Waals surface area contributed by atoms with Gasteiger partial charge in [-0.2, -0.15) is 0 Å². The Kier molecular flexibility index (Phi) is 1.99. The second-order valence-corrected chi connectivity index (χ2v) is 4.31. The minimum absolute atomic E-state index is 0.605. The molecule has 1 fully saturated rings. The van der Waals surface area contributed by atoms with Crippen LogP contribution >= 0.6 is 0 Å². The van der Waals surface area contributed by atoms with Crippen LogP contribution < -0.4 is 5.32 Å². The summed E-state index contributed by atoms with van der Waals surface area (Å²) in [6, 6.07) is 1.38. The summed E-state index contributed by atoms with van der Waals surface area (Å²) in [5, 5.41) is 3.64. The highest BCUT2D eigenvalue weighted by molar-refractivity contribution is 5.21. The number of hydrogen-bond acceptors (Lipinski definition) is 1. The van der Waals surface area contributed by atoms with Crippen molar-refractivity contribution in [3.05, 3.63) is 12.2 Å². The average molecular weight is 165 g/mol. The van der Waals surface area contributed by atoms with E-state index in [1.807, 2.05) is 0 Å². The van der Waals surface area contributed by atoms with Crippen LogP contribution in [0.3, 0.4) is 0 Å². The van der Waals surface area contributed by atoms with Gasteiger partial charge in [-0.3, -0.25) is 0 Å². The molecule has 1 saturated heterocycles. The fourth-order valence-electron chi connectivity index (χ4n) is 2.96. The van der Waals surface area contributed by atoms with E-state index in [0.717, 1.165) is 0 Å². The lowest BCUT2D eigenvalue weighted by atomic mass is 9.71. The van der Waals surface area contributed by atoms with Crippen molar-refractivity contribution < 1.29 is 0 Å². The highest BCUT2D eigenvalue weighted by atomic mass is 15.0. The molecule has 2 aliphatic heterocycles. The third-order valence-corrected chi connectivity index (χ3v) is 3.67. The Morgan fingerprint density at radius 1 is 1.42 bits per heavy atom. The Balaban J connectivity index is 2.14. The Bertz CT molecular complexity index is 197. The highest BCUT2D eigenvalue weighted by Gasteiger charge is 2.45. The molecule has 68 valence electrons. The first-order valence-corrected chi connectivity index (χ1v) is 5.25.